The Morgan fingerprint density at radius 2 is 0.930 bits per heavy atom. The van der Waals surface area contributed by atoms with Crippen molar-refractivity contribution < 1.29 is 28.4 Å². The fourth-order valence-electron chi connectivity index (χ4n) is 6.75. The van der Waals surface area contributed by atoms with Crippen molar-refractivity contribution in [1.82, 2.24) is 5.32 Å². The van der Waals surface area contributed by atoms with Gasteiger partial charge in [-0.1, -0.05) is 191 Å². The lowest BCUT2D eigenvalue weighted by Crippen LogP contribution is -2.45. The van der Waals surface area contributed by atoms with E-state index in [-0.39, 0.29) is 25.7 Å². The van der Waals surface area contributed by atoms with Gasteiger partial charge in [0.1, 0.15) is 0 Å². The predicted molar refractivity (Wildman–Crippen MR) is 244 cm³/mol. The zero-order valence-corrected chi connectivity index (χ0v) is 38.0. The van der Waals surface area contributed by atoms with Crippen LogP contribution in [0.5, 0.6) is 0 Å². The molecule has 0 radical (unpaired) electrons. The van der Waals surface area contributed by atoms with E-state index in [0.29, 0.717) is 6.42 Å². The fraction of sp³-hybridized carbons (Fsp3) is 0.812. The van der Waals surface area contributed by atoms with E-state index in [0.717, 1.165) is 44.9 Å². The van der Waals surface area contributed by atoms with Gasteiger partial charge in [0.2, 0.25) is 5.91 Å². The van der Waals surface area contributed by atoms with E-state index in [4.69, 9.17) is 14.8 Å². The highest BCUT2D eigenvalue weighted by Crippen LogP contribution is 2.43. The topological polar surface area (TPSA) is 131 Å². The maximum Gasteiger partial charge on any atom is 0.472 e. The van der Waals surface area contributed by atoms with Gasteiger partial charge in [0.25, 0.3) is 0 Å². The van der Waals surface area contributed by atoms with Gasteiger partial charge >= 0.3 is 7.82 Å². The second-order valence-corrected chi connectivity index (χ2v) is 17.4. The average molecular weight is 823 g/mol. The molecule has 0 saturated carbocycles. The standard InChI is InChI=1S/C48H91N2O6P/c1-3-5-7-9-11-13-15-17-19-21-23-24-25-27-29-31-33-35-37-39-41-47(51)46(45-56-57(53,54)55-44-43-49)50-48(52)42-40-38-36-34-32-30-28-26-22-20-18-16-14-12-10-8-6-4-2/h20,22,24-25,31,33,39,41,46-47,51H,3-19,21,23,26-30,32,34-38,40,42-45,49H2,1-2H3,(H,50,52)(H,53,54)/b22-20-,25-24+,33-31+,41-39+. The van der Waals surface area contributed by atoms with Gasteiger partial charge in [-0.25, -0.2) is 4.57 Å². The summed E-state index contributed by atoms with van der Waals surface area (Å²) in [6.45, 7) is 4.11. The molecule has 57 heavy (non-hydrogen) atoms. The summed E-state index contributed by atoms with van der Waals surface area (Å²) in [5.74, 6) is -0.213. The smallest absolute Gasteiger partial charge is 0.387 e. The molecule has 0 spiro atoms. The first-order chi connectivity index (χ1) is 27.9. The fourth-order valence-corrected chi connectivity index (χ4v) is 7.51. The molecule has 0 aromatic heterocycles. The van der Waals surface area contributed by atoms with Crippen molar-refractivity contribution >= 4 is 13.7 Å². The number of aliphatic hydroxyl groups is 1. The summed E-state index contributed by atoms with van der Waals surface area (Å²) in [6, 6.07) is -0.886. The summed E-state index contributed by atoms with van der Waals surface area (Å²) in [5.41, 5.74) is 5.38. The first-order valence-electron chi connectivity index (χ1n) is 23.8. The Morgan fingerprint density at radius 3 is 1.35 bits per heavy atom. The zero-order chi connectivity index (χ0) is 41.8. The number of hydrogen-bond acceptors (Lipinski definition) is 6. The monoisotopic (exact) mass is 823 g/mol. The maximum absolute atomic E-state index is 12.8. The average Bonchev–Trinajstić information content (AvgIpc) is 3.20. The van der Waals surface area contributed by atoms with E-state index in [9.17, 15) is 19.4 Å². The quantitative estimate of drug-likeness (QED) is 0.0273. The van der Waals surface area contributed by atoms with Crippen molar-refractivity contribution in [2.75, 3.05) is 19.8 Å². The van der Waals surface area contributed by atoms with Crippen LogP contribution in [0.15, 0.2) is 48.6 Å². The number of nitrogens with one attached hydrogen (secondary N) is 1. The van der Waals surface area contributed by atoms with Crippen LogP contribution in [0.2, 0.25) is 0 Å². The lowest BCUT2D eigenvalue weighted by atomic mass is 10.1. The lowest BCUT2D eigenvalue weighted by molar-refractivity contribution is -0.123. The van der Waals surface area contributed by atoms with Crippen molar-refractivity contribution in [2.45, 2.75) is 231 Å². The van der Waals surface area contributed by atoms with Crippen molar-refractivity contribution in [3.05, 3.63) is 48.6 Å². The van der Waals surface area contributed by atoms with E-state index in [2.05, 4.69) is 55.6 Å². The van der Waals surface area contributed by atoms with Crippen LogP contribution < -0.4 is 11.1 Å². The summed E-state index contributed by atoms with van der Waals surface area (Å²) >= 11 is 0. The van der Waals surface area contributed by atoms with E-state index in [1.807, 2.05) is 6.08 Å². The van der Waals surface area contributed by atoms with Crippen LogP contribution in [0, 0.1) is 0 Å². The highest BCUT2D eigenvalue weighted by Gasteiger charge is 2.26. The second kappa shape index (κ2) is 44.0. The lowest BCUT2D eigenvalue weighted by Gasteiger charge is -2.23. The largest absolute Gasteiger partial charge is 0.472 e. The van der Waals surface area contributed by atoms with Gasteiger partial charge in [-0.3, -0.25) is 13.8 Å². The third kappa shape index (κ3) is 42.4. The number of phosphoric acid groups is 1. The molecular formula is C48H91N2O6P. The number of amides is 1. The van der Waals surface area contributed by atoms with Crippen LogP contribution in [0.4, 0.5) is 0 Å². The van der Waals surface area contributed by atoms with Crippen LogP contribution in [0.3, 0.4) is 0 Å². The van der Waals surface area contributed by atoms with Crippen molar-refractivity contribution in [1.29, 1.82) is 0 Å². The molecule has 3 unspecified atom stereocenters. The Labute approximate surface area is 352 Å². The number of carbonyl (C=O) groups excluding carboxylic acids is 1. The molecule has 9 heteroatoms. The van der Waals surface area contributed by atoms with Gasteiger partial charge in [0, 0.05) is 13.0 Å². The number of aliphatic hydroxyl groups excluding tert-OH is 1. The predicted octanol–water partition coefficient (Wildman–Crippen LogP) is 13.7. The minimum atomic E-state index is -4.36. The molecule has 3 atom stereocenters. The first kappa shape index (κ1) is 55.5. The molecule has 0 aliphatic carbocycles. The third-order valence-corrected chi connectivity index (χ3v) is 11.3. The third-order valence-electron chi connectivity index (χ3n) is 10.4. The molecule has 334 valence electrons. The Bertz CT molecular complexity index is 1030. The molecule has 0 aromatic rings. The molecule has 0 bridgehead atoms. The number of allylic oxidation sites excluding steroid dienone is 7. The van der Waals surface area contributed by atoms with Gasteiger partial charge in [-0.05, 0) is 70.6 Å². The summed E-state index contributed by atoms with van der Waals surface area (Å²) in [5, 5.41) is 13.7. The minimum absolute atomic E-state index is 0.0702. The van der Waals surface area contributed by atoms with E-state index < -0.39 is 20.0 Å². The van der Waals surface area contributed by atoms with Crippen molar-refractivity contribution in [2.24, 2.45) is 5.73 Å². The Kier molecular flexibility index (Phi) is 42.8. The Morgan fingerprint density at radius 1 is 0.561 bits per heavy atom. The first-order valence-corrected chi connectivity index (χ1v) is 25.3. The molecule has 0 fully saturated rings. The number of nitrogens with two attached hydrogens (primary N) is 1. The summed E-state index contributed by atoms with van der Waals surface area (Å²) in [4.78, 5) is 22.7. The molecule has 8 nitrogen and oxygen atoms in total. The maximum atomic E-state index is 12.8. The highest BCUT2D eigenvalue weighted by atomic mass is 31.2. The molecule has 5 N–H and O–H groups in total. The van der Waals surface area contributed by atoms with Gasteiger partial charge in [-0.2, -0.15) is 0 Å². The molecular weight excluding hydrogens is 732 g/mol. The molecule has 0 aromatic carbocycles. The van der Waals surface area contributed by atoms with Gasteiger partial charge in [-0.15, -0.1) is 0 Å². The number of rotatable bonds is 44. The molecule has 0 heterocycles. The normalized spacial score (nSPS) is 14.4. The van der Waals surface area contributed by atoms with Crippen LogP contribution in [-0.2, 0) is 18.4 Å². The van der Waals surface area contributed by atoms with Crippen LogP contribution in [0.1, 0.15) is 219 Å². The van der Waals surface area contributed by atoms with Crippen molar-refractivity contribution in [3.63, 3.8) is 0 Å². The highest BCUT2D eigenvalue weighted by molar-refractivity contribution is 7.47. The van der Waals surface area contributed by atoms with Gasteiger partial charge in [0.05, 0.1) is 25.4 Å². The number of carbonyl (C=O) groups is 1. The summed E-state index contributed by atoms with van der Waals surface area (Å²) in [7, 11) is -4.36. The Balaban J connectivity index is 4.25. The molecule has 0 aliphatic heterocycles. The van der Waals surface area contributed by atoms with E-state index in [1.54, 1.807) is 6.08 Å². The SMILES string of the molecule is CCCCCCCCC/C=C\CCCCCCCCCC(=O)NC(COP(=O)(O)OCCN)C(O)/C=C/CC/C=C/CC/C=C/CCCCCCCCCCCC. The van der Waals surface area contributed by atoms with E-state index >= 15 is 0 Å². The van der Waals surface area contributed by atoms with Crippen molar-refractivity contribution in [3.8, 4) is 0 Å². The zero-order valence-electron chi connectivity index (χ0n) is 37.1. The molecule has 0 aliphatic rings. The summed E-state index contributed by atoms with van der Waals surface area (Å²) < 4.78 is 22.1. The number of hydrogen-bond donors (Lipinski definition) is 4. The molecule has 0 rings (SSSR count). The number of unbranched alkanes of at least 4 members (excludes halogenated alkanes) is 26. The molecule has 1 amide bonds. The second-order valence-electron chi connectivity index (χ2n) is 15.9. The Hall–Kier alpha value is -1.54. The number of phosphoric ester groups is 1. The van der Waals surface area contributed by atoms with E-state index in [1.165, 1.54) is 154 Å². The van der Waals surface area contributed by atoms with Crippen LogP contribution >= 0.6 is 7.82 Å². The summed E-state index contributed by atoms with van der Waals surface area (Å²) in [6.07, 6.45) is 54.5. The molecule has 0 saturated heterocycles. The van der Waals surface area contributed by atoms with Crippen LogP contribution in [-0.4, -0.2) is 47.8 Å². The van der Waals surface area contributed by atoms with Crippen LogP contribution in [0.25, 0.3) is 0 Å². The minimum Gasteiger partial charge on any atom is -0.387 e. The van der Waals surface area contributed by atoms with Gasteiger partial charge < -0.3 is 21.1 Å². The van der Waals surface area contributed by atoms with Gasteiger partial charge in [0.15, 0.2) is 0 Å².